The van der Waals surface area contributed by atoms with Crippen molar-refractivity contribution in [3.8, 4) is 0 Å². The first-order valence-electron chi connectivity index (χ1n) is 7.52. The van der Waals surface area contributed by atoms with Crippen LogP contribution in [0.5, 0.6) is 0 Å². The average Bonchev–Trinajstić information content (AvgIpc) is 3.31. The molecule has 0 radical (unpaired) electrons. The standard InChI is InChI=1S/C15H19N3O5/c1-20-7-8-22-10-13-16-14(17-23-13)12-3-2-5-18(12)15(19)11-4-6-21-9-11/h4,6,9,12H,2-3,5,7-8,10H2,1H3. The van der Waals surface area contributed by atoms with Crippen LogP contribution in [0, 0.1) is 0 Å². The number of amides is 1. The predicted molar refractivity (Wildman–Crippen MR) is 77.5 cm³/mol. The lowest BCUT2D eigenvalue weighted by Gasteiger charge is -2.21. The molecule has 1 aliphatic heterocycles. The molecule has 1 amide bonds. The molecule has 1 unspecified atom stereocenters. The van der Waals surface area contributed by atoms with Crippen LogP contribution < -0.4 is 0 Å². The van der Waals surface area contributed by atoms with Gasteiger partial charge in [-0.15, -0.1) is 0 Å². The van der Waals surface area contributed by atoms with E-state index in [1.165, 1.54) is 12.5 Å². The van der Waals surface area contributed by atoms with E-state index in [9.17, 15) is 4.79 Å². The Bertz CT molecular complexity index is 625. The van der Waals surface area contributed by atoms with Crippen molar-refractivity contribution < 1.29 is 23.2 Å². The van der Waals surface area contributed by atoms with Gasteiger partial charge in [0.25, 0.3) is 11.8 Å². The minimum absolute atomic E-state index is 0.0797. The third kappa shape index (κ3) is 3.59. The van der Waals surface area contributed by atoms with Gasteiger partial charge >= 0.3 is 0 Å². The fraction of sp³-hybridized carbons (Fsp3) is 0.533. The number of carbonyl (C=O) groups is 1. The molecule has 0 saturated carbocycles. The van der Waals surface area contributed by atoms with E-state index in [0.717, 1.165) is 12.8 Å². The van der Waals surface area contributed by atoms with Crippen molar-refractivity contribution >= 4 is 5.91 Å². The summed E-state index contributed by atoms with van der Waals surface area (Å²) in [5, 5.41) is 4.00. The van der Waals surface area contributed by atoms with Crippen molar-refractivity contribution in [2.75, 3.05) is 26.9 Å². The summed E-state index contributed by atoms with van der Waals surface area (Å²) in [5.74, 6) is 0.840. The van der Waals surface area contributed by atoms with Gasteiger partial charge in [0.05, 0.1) is 31.1 Å². The normalized spacial score (nSPS) is 17.8. The van der Waals surface area contributed by atoms with Gasteiger partial charge in [0, 0.05) is 13.7 Å². The summed E-state index contributed by atoms with van der Waals surface area (Å²) in [6.07, 6.45) is 4.65. The van der Waals surface area contributed by atoms with Crippen LogP contribution in [0.3, 0.4) is 0 Å². The van der Waals surface area contributed by atoms with Crippen LogP contribution in [-0.2, 0) is 16.1 Å². The van der Waals surface area contributed by atoms with Crippen molar-refractivity contribution in [1.82, 2.24) is 15.0 Å². The number of furan rings is 1. The summed E-state index contributed by atoms with van der Waals surface area (Å²) in [5.41, 5.74) is 0.531. The fourth-order valence-electron chi connectivity index (χ4n) is 2.59. The summed E-state index contributed by atoms with van der Waals surface area (Å²) in [6, 6.07) is 1.48. The van der Waals surface area contributed by atoms with Crippen LogP contribution in [0.15, 0.2) is 27.5 Å². The fourth-order valence-corrected chi connectivity index (χ4v) is 2.59. The average molecular weight is 321 g/mol. The molecule has 8 nitrogen and oxygen atoms in total. The van der Waals surface area contributed by atoms with E-state index in [1.54, 1.807) is 18.1 Å². The first-order valence-corrected chi connectivity index (χ1v) is 7.52. The quantitative estimate of drug-likeness (QED) is 0.718. The van der Waals surface area contributed by atoms with Gasteiger partial charge in [0.1, 0.15) is 12.9 Å². The Balaban J connectivity index is 1.64. The van der Waals surface area contributed by atoms with E-state index < -0.39 is 0 Å². The van der Waals surface area contributed by atoms with Gasteiger partial charge < -0.3 is 23.3 Å². The van der Waals surface area contributed by atoms with Gasteiger partial charge in [-0.3, -0.25) is 4.79 Å². The molecule has 0 N–H and O–H groups in total. The molecule has 8 heteroatoms. The largest absolute Gasteiger partial charge is 0.472 e. The highest BCUT2D eigenvalue weighted by Crippen LogP contribution is 2.31. The van der Waals surface area contributed by atoms with Crippen molar-refractivity contribution in [3.63, 3.8) is 0 Å². The molecule has 3 heterocycles. The highest BCUT2D eigenvalue weighted by atomic mass is 16.5. The summed E-state index contributed by atoms with van der Waals surface area (Å²) in [7, 11) is 1.61. The Labute approximate surface area is 133 Å². The SMILES string of the molecule is COCCOCc1nc(C2CCCN2C(=O)c2ccoc2)no1. The van der Waals surface area contributed by atoms with Gasteiger partial charge in [0.15, 0.2) is 5.82 Å². The van der Waals surface area contributed by atoms with Crippen molar-refractivity contribution in [2.24, 2.45) is 0 Å². The molecule has 3 rings (SSSR count). The molecule has 1 fully saturated rings. The lowest BCUT2D eigenvalue weighted by molar-refractivity contribution is 0.0494. The molecule has 2 aromatic heterocycles. The molecule has 0 aromatic carbocycles. The number of aromatic nitrogens is 2. The summed E-state index contributed by atoms with van der Waals surface area (Å²) in [4.78, 5) is 18.6. The van der Waals surface area contributed by atoms with E-state index >= 15 is 0 Å². The zero-order chi connectivity index (χ0) is 16.1. The van der Waals surface area contributed by atoms with E-state index in [-0.39, 0.29) is 18.6 Å². The van der Waals surface area contributed by atoms with Crippen molar-refractivity contribution in [2.45, 2.75) is 25.5 Å². The summed E-state index contributed by atoms with van der Waals surface area (Å²) >= 11 is 0. The topological polar surface area (TPSA) is 90.8 Å². The maximum absolute atomic E-state index is 12.5. The van der Waals surface area contributed by atoms with Crippen LogP contribution in [0.2, 0.25) is 0 Å². The number of nitrogens with zero attached hydrogens (tertiary/aromatic N) is 3. The van der Waals surface area contributed by atoms with Crippen LogP contribution in [0.1, 0.15) is 41.0 Å². The van der Waals surface area contributed by atoms with E-state index in [2.05, 4.69) is 10.1 Å². The third-order valence-electron chi connectivity index (χ3n) is 3.72. The molecule has 124 valence electrons. The molecule has 0 spiro atoms. The maximum atomic E-state index is 12.5. The molecule has 1 saturated heterocycles. The number of hydrogen-bond acceptors (Lipinski definition) is 7. The Hall–Kier alpha value is -2.19. The lowest BCUT2D eigenvalue weighted by atomic mass is 10.2. The summed E-state index contributed by atoms with van der Waals surface area (Å²) in [6.45, 7) is 1.88. The first kappa shape index (κ1) is 15.7. The smallest absolute Gasteiger partial charge is 0.257 e. The number of hydrogen-bond donors (Lipinski definition) is 0. The highest BCUT2D eigenvalue weighted by molar-refractivity contribution is 5.94. The number of carbonyl (C=O) groups excluding carboxylic acids is 1. The molecular formula is C15H19N3O5. The second-order valence-corrected chi connectivity index (χ2v) is 5.26. The zero-order valence-corrected chi connectivity index (χ0v) is 12.9. The van der Waals surface area contributed by atoms with Gasteiger partial charge in [-0.25, -0.2) is 0 Å². The van der Waals surface area contributed by atoms with Crippen LogP contribution in [0.4, 0.5) is 0 Å². The molecule has 2 aromatic rings. The predicted octanol–water partition coefficient (Wildman–Crippen LogP) is 1.80. The first-order chi connectivity index (χ1) is 11.3. The third-order valence-corrected chi connectivity index (χ3v) is 3.72. The second kappa shape index (κ2) is 7.38. The molecule has 0 bridgehead atoms. The van der Waals surface area contributed by atoms with Gasteiger partial charge in [0.2, 0.25) is 0 Å². The van der Waals surface area contributed by atoms with Crippen molar-refractivity contribution in [3.05, 3.63) is 35.9 Å². The van der Waals surface area contributed by atoms with Crippen LogP contribution in [-0.4, -0.2) is 47.8 Å². The van der Waals surface area contributed by atoms with Crippen LogP contribution in [0.25, 0.3) is 0 Å². The molecular weight excluding hydrogens is 302 g/mol. The number of methoxy groups -OCH3 is 1. The van der Waals surface area contributed by atoms with E-state index in [0.29, 0.717) is 37.0 Å². The number of rotatable bonds is 7. The highest BCUT2D eigenvalue weighted by Gasteiger charge is 2.34. The molecule has 23 heavy (non-hydrogen) atoms. The van der Waals surface area contributed by atoms with Crippen molar-refractivity contribution in [1.29, 1.82) is 0 Å². The zero-order valence-electron chi connectivity index (χ0n) is 12.9. The van der Waals surface area contributed by atoms with E-state index in [1.807, 2.05) is 0 Å². The van der Waals surface area contributed by atoms with Crippen LogP contribution >= 0.6 is 0 Å². The van der Waals surface area contributed by atoms with Gasteiger partial charge in [-0.1, -0.05) is 5.16 Å². The maximum Gasteiger partial charge on any atom is 0.257 e. The number of ether oxygens (including phenoxy) is 2. The number of likely N-dealkylation sites (tertiary alicyclic amines) is 1. The second-order valence-electron chi connectivity index (χ2n) is 5.26. The van der Waals surface area contributed by atoms with Gasteiger partial charge in [-0.2, -0.15) is 4.98 Å². The minimum atomic E-state index is -0.172. The summed E-state index contributed by atoms with van der Waals surface area (Å²) < 4.78 is 20.4. The Morgan fingerprint density at radius 3 is 3.17 bits per heavy atom. The molecule has 0 aliphatic carbocycles. The molecule has 1 aliphatic rings. The van der Waals surface area contributed by atoms with Gasteiger partial charge in [-0.05, 0) is 18.9 Å². The molecule has 1 atom stereocenters. The Morgan fingerprint density at radius 2 is 2.39 bits per heavy atom. The Kier molecular flexibility index (Phi) is 5.04. The monoisotopic (exact) mass is 321 g/mol. The van der Waals surface area contributed by atoms with E-state index in [4.69, 9.17) is 18.4 Å². The Morgan fingerprint density at radius 1 is 1.48 bits per heavy atom. The lowest BCUT2D eigenvalue weighted by Crippen LogP contribution is -2.30. The minimum Gasteiger partial charge on any atom is -0.472 e.